The van der Waals surface area contributed by atoms with Gasteiger partial charge in [-0.15, -0.1) is 11.3 Å². The molecule has 0 aliphatic rings. The molecule has 0 bridgehead atoms. The van der Waals surface area contributed by atoms with Crippen molar-refractivity contribution in [2.24, 2.45) is 5.16 Å². The fourth-order valence-corrected chi connectivity index (χ4v) is 1.93. The third kappa shape index (κ3) is 2.84. The lowest BCUT2D eigenvalue weighted by atomic mass is 10.1. The monoisotopic (exact) mass is 266 g/mol. The number of hydrogen-bond acceptors (Lipinski definition) is 5. The zero-order valence-electron chi connectivity index (χ0n) is 9.63. The van der Waals surface area contributed by atoms with E-state index in [-0.39, 0.29) is 0 Å². The van der Waals surface area contributed by atoms with Crippen LogP contribution in [-0.4, -0.2) is 15.9 Å². The van der Waals surface area contributed by atoms with E-state index in [0.717, 1.165) is 4.88 Å². The molecule has 2 aromatic rings. The molecule has 4 nitrogen and oxygen atoms in total. The summed E-state index contributed by atoms with van der Waals surface area (Å²) >= 11 is 1.48. The Balaban J connectivity index is 2.21. The Hall–Kier alpha value is -1.95. The molecule has 0 aliphatic heterocycles. The molecule has 0 saturated carbocycles. The summed E-state index contributed by atoms with van der Waals surface area (Å²) in [4.78, 5) is 4.90. The number of halogens is 1. The predicted octanol–water partition coefficient (Wildman–Crippen LogP) is 3.06. The van der Waals surface area contributed by atoms with Gasteiger partial charge in [-0.2, -0.15) is 0 Å². The molecule has 0 amide bonds. The molecule has 0 saturated heterocycles. The van der Waals surface area contributed by atoms with Crippen LogP contribution >= 0.6 is 11.3 Å². The van der Waals surface area contributed by atoms with E-state index in [2.05, 4.69) is 10.1 Å². The fraction of sp³-hybridized carbons (Fsp3) is 0.167. The van der Waals surface area contributed by atoms with Gasteiger partial charge in [0.05, 0.1) is 16.1 Å². The normalized spacial score (nSPS) is 11.6. The Bertz CT molecular complexity index is 555. The topological polar surface area (TPSA) is 54.7 Å². The molecule has 94 valence electrons. The van der Waals surface area contributed by atoms with Crippen LogP contribution in [0, 0.1) is 5.82 Å². The highest BCUT2D eigenvalue weighted by Crippen LogP contribution is 2.22. The average Bonchev–Trinajstić information content (AvgIpc) is 2.89. The average molecular weight is 266 g/mol. The van der Waals surface area contributed by atoms with Crippen LogP contribution in [-0.2, 0) is 6.61 Å². The van der Waals surface area contributed by atoms with Gasteiger partial charge in [0.2, 0.25) is 0 Å². The van der Waals surface area contributed by atoms with Gasteiger partial charge in [0, 0.05) is 11.8 Å². The molecule has 1 aromatic heterocycles. The van der Waals surface area contributed by atoms with E-state index < -0.39 is 5.82 Å². The molecule has 18 heavy (non-hydrogen) atoms. The van der Waals surface area contributed by atoms with Gasteiger partial charge < -0.3 is 9.94 Å². The fourth-order valence-electron chi connectivity index (χ4n) is 1.43. The highest BCUT2D eigenvalue weighted by Gasteiger charge is 2.09. The number of ether oxygens (including phenoxy) is 1. The molecule has 0 unspecified atom stereocenters. The van der Waals surface area contributed by atoms with E-state index in [1.807, 2.05) is 0 Å². The van der Waals surface area contributed by atoms with Gasteiger partial charge in [0.1, 0.15) is 18.2 Å². The molecule has 1 heterocycles. The summed E-state index contributed by atoms with van der Waals surface area (Å²) < 4.78 is 18.7. The molecule has 2 rings (SSSR count). The maximum absolute atomic E-state index is 13.2. The first kappa shape index (κ1) is 12.5. The van der Waals surface area contributed by atoms with Gasteiger partial charge >= 0.3 is 0 Å². The van der Waals surface area contributed by atoms with Crippen molar-refractivity contribution in [1.29, 1.82) is 0 Å². The summed E-state index contributed by atoms with van der Waals surface area (Å²) in [6, 6.07) is 4.09. The van der Waals surface area contributed by atoms with Crippen molar-refractivity contribution in [3.8, 4) is 5.75 Å². The Morgan fingerprint density at radius 2 is 2.39 bits per heavy atom. The van der Waals surface area contributed by atoms with Gasteiger partial charge in [-0.25, -0.2) is 4.39 Å². The number of hydrogen-bond donors (Lipinski definition) is 1. The summed E-state index contributed by atoms with van der Waals surface area (Å²) in [5, 5.41) is 11.8. The maximum atomic E-state index is 13.2. The van der Waals surface area contributed by atoms with Gasteiger partial charge in [-0.05, 0) is 25.1 Å². The van der Waals surface area contributed by atoms with Crippen LogP contribution < -0.4 is 4.74 Å². The van der Waals surface area contributed by atoms with Gasteiger partial charge in [-0.3, -0.25) is 4.98 Å². The van der Waals surface area contributed by atoms with Crippen molar-refractivity contribution in [3.63, 3.8) is 0 Å². The third-order valence-corrected chi connectivity index (χ3v) is 3.09. The minimum Gasteiger partial charge on any atom is -0.487 e. The highest BCUT2D eigenvalue weighted by molar-refractivity contribution is 7.09. The van der Waals surface area contributed by atoms with Crippen molar-refractivity contribution < 1.29 is 14.3 Å². The van der Waals surface area contributed by atoms with E-state index in [0.29, 0.717) is 23.6 Å². The Labute approximate surface area is 107 Å². The second-order valence-corrected chi connectivity index (χ2v) is 4.55. The van der Waals surface area contributed by atoms with Crippen LogP contribution in [0.2, 0.25) is 0 Å². The lowest BCUT2D eigenvalue weighted by Gasteiger charge is -2.09. The Kier molecular flexibility index (Phi) is 3.88. The Morgan fingerprint density at radius 3 is 3.06 bits per heavy atom. The standard InChI is InChI=1S/C12H11FN2O2S/c1-8(15-16)11-4-9(13)2-3-12(11)17-6-10-5-14-7-18-10/h2-5,7,16H,6H2,1H3/b15-8-. The maximum Gasteiger partial charge on any atom is 0.129 e. The summed E-state index contributed by atoms with van der Waals surface area (Å²) in [6.07, 6.45) is 1.71. The minimum absolute atomic E-state index is 0.300. The lowest BCUT2D eigenvalue weighted by molar-refractivity contribution is 0.305. The van der Waals surface area contributed by atoms with E-state index in [1.54, 1.807) is 18.6 Å². The molecule has 6 heteroatoms. The van der Waals surface area contributed by atoms with E-state index in [1.165, 1.54) is 29.5 Å². The van der Waals surface area contributed by atoms with Crippen molar-refractivity contribution in [2.75, 3.05) is 0 Å². The first-order valence-electron chi connectivity index (χ1n) is 5.19. The minimum atomic E-state index is -0.404. The number of aromatic nitrogens is 1. The zero-order valence-corrected chi connectivity index (χ0v) is 10.4. The SMILES string of the molecule is C/C(=N/O)c1cc(F)ccc1OCc1cncs1. The van der Waals surface area contributed by atoms with Crippen LogP contribution in [0.5, 0.6) is 5.75 Å². The van der Waals surface area contributed by atoms with Crippen LogP contribution in [0.1, 0.15) is 17.4 Å². The smallest absolute Gasteiger partial charge is 0.129 e. The molecular weight excluding hydrogens is 255 g/mol. The molecule has 1 aromatic carbocycles. The second-order valence-electron chi connectivity index (χ2n) is 3.58. The van der Waals surface area contributed by atoms with Crippen molar-refractivity contribution in [3.05, 3.63) is 46.2 Å². The van der Waals surface area contributed by atoms with Gasteiger partial charge in [0.25, 0.3) is 0 Å². The Morgan fingerprint density at radius 1 is 1.56 bits per heavy atom. The quantitative estimate of drug-likeness (QED) is 0.525. The third-order valence-electron chi connectivity index (χ3n) is 2.33. The van der Waals surface area contributed by atoms with Gasteiger partial charge in [0.15, 0.2) is 0 Å². The number of nitrogens with zero attached hydrogens (tertiary/aromatic N) is 2. The van der Waals surface area contributed by atoms with Crippen molar-refractivity contribution in [2.45, 2.75) is 13.5 Å². The van der Waals surface area contributed by atoms with Crippen molar-refractivity contribution in [1.82, 2.24) is 4.98 Å². The van der Waals surface area contributed by atoms with Crippen LogP contribution in [0.4, 0.5) is 4.39 Å². The molecular formula is C12H11FN2O2S. The first-order valence-corrected chi connectivity index (χ1v) is 6.07. The molecule has 0 aliphatic carbocycles. The summed E-state index contributed by atoms with van der Waals surface area (Å²) in [6.45, 7) is 1.93. The molecule has 0 atom stereocenters. The van der Waals surface area contributed by atoms with E-state index in [4.69, 9.17) is 9.94 Å². The summed E-state index contributed by atoms with van der Waals surface area (Å²) in [7, 11) is 0. The second kappa shape index (κ2) is 5.59. The number of rotatable bonds is 4. The summed E-state index contributed by atoms with van der Waals surface area (Å²) in [5.74, 6) is 0.0678. The van der Waals surface area contributed by atoms with E-state index in [9.17, 15) is 4.39 Å². The molecule has 0 spiro atoms. The zero-order chi connectivity index (χ0) is 13.0. The molecule has 0 radical (unpaired) electrons. The largest absolute Gasteiger partial charge is 0.487 e. The van der Waals surface area contributed by atoms with E-state index >= 15 is 0 Å². The van der Waals surface area contributed by atoms with Crippen LogP contribution in [0.15, 0.2) is 35.1 Å². The number of thiazole rings is 1. The highest BCUT2D eigenvalue weighted by atomic mass is 32.1. The first-order chi connectivity index (χ1) is 8.70. The van der Waals surface area contributed by atoms with Crippen LogP contribution in [0.3, 0.4) is 0 Å². The van der Waals surface area contributed by atoms with Crippen molar-refractivity contribution >= 4 is 17.0 Å². The number of benzene rings is 1. The van der Waals surface area contributed by atoms with Crippen LogP contribution in [0.25, 0.3) is 0 Å². The summed E-state index contributed by atoms with van der Waals surface area (Å²) in [5.41, 5.74) is 2.45. The molecule has 1 N–H and O–H groups in total. The number of oxime groups is 1. The van der Waals surface area contributed by atoms with Gasteiger partial charge in [-0.1, -0.05) is 5.16 Å². The predicted molar refractivity (Wildman–Crippen MR) is 66.8 cm³/mol. The molecule has 0 fully saturated rings. The lowest BCUT2D eigenvalue weighted by Crippen LogP contribution is -2.02.